The predicted octanol–water partition coefficient (Wildman–Crippen LogP) is 0.847. The molecule has 0 bridgehead atoms. The van der Waals surface area contributed by atoms with Gasteiger partial charge in [0.2, 0.25) is 10.0 Å². The number of hydrogen-bond acceptors (Lipinski definition) is 4. The summed E-state index contributed by atoms with van der Waals surface area (Å²) in [6.07, 6.45) is 0.218. The number of sulfonamides is 1. The van der Waals surface area contributed by atoms with Gasteiger partial charge < -0.3 is 10.8 Å². The molecular formula is C11H17FN2O3S. The van der Waals surface area contributed by atoms with E-state index in [9.17, 15) is 12.8 Å². The van der Waals surface area contributed by atoms with E-state index in [0.717, 1.165) is 12.1 Å². The van der Waals surface area contributed by atoms with Crippen molar-refractivity contribution in [1.82, 2.24) is 4.72 Å². The highest BCUT2D eigenvalue weighted by molar-refractivity contribution is 7.89. The lowest BCUT2D eigenvalue weighted by molar-refractivity contribution is 0.245. The fourth-order valence-corrected chi connectivity index (χ4v) is 3.03. The lowest BCUT2D eigenvalue weighted by Gasteiger charge is -2.25. The zero-order chi connectivity index (χ0) is 14.0. The number of nitrogen functional groups attached to an aromatic ring is 1. The first kappa shape index (κ1) is 14.9. The van der Waals surface area contributed by atoms with E-state index in [1.807, 2.05) is 0 Å². The first-order valence-electron chi connectivity index (χ1n) is 5.38. The number of aliphatic hydroxyl groups excluding tert-OH is 1. The van der Waals surface area contributed by atoms with Crippen molar-refractivity contribution in [1.29, 1.82) is 0 Å². The quantitative estimate of drug-likeness (QED) is 0.695. The maximum atomic E-state index is 13.5. The van der Waals surface area contributed by atoms with Crippen LogP contribution in [0.25, 0.3) is 0 Å². The molecule has 1 rings (SSSR count). The van der Waals surface area contributed by atoms with E-state index in [0.29, 0.717) is 0 Å². The third-order valence-corrected chi connectivity index (χ3v) is 4.11. The Hall–Kier alpha value is -1.18. The van der Waals surface area contributed by atoms with Gasteiger partial charge in [-0.15, -0.1) is 0 Å². The first-order valence-corrected chi connectivity index (χ1v) is 6.86. The summed E-state index contributed by atoms with van der Waals surface area (Å²) in [5.41, 5.74) is 4.74. The highest BCUT2D eigenvalue weighted by Gasteiger charge is 2.27. The molecule has 0 unspecified atom stereocenters. The van der Waals surface area contributed by atoms with Crippen LogP contribution in [0.15, 0.2) is 23.1 Å². The number of halogens is 1. The zero-order valence-electron chi connectivity index (χ0n) is 10.3. The van der Waals surface area contributed by atoms with E-state index >= 15 is 0 Å². The second-order valence-electron chi connectivity index (χ2n) is 4.65. The van der Waals surface area contributed by atoms with E-state index in [2.05, 4.69) is 4.72 Å². The largest absolute Gasteiger partial charge is 0.399 e. The van der Waals surface area contributed by atoms with Gasteiger partial charge in [0.1, 0.15) is 10.7 Å². The Morgan fingerprint density at radius 1 is 1.44 bits per heavy atom. The molecule has 0 aliphatic heterocycles. The standard InChI is InChI=1S/C11H17FN2O3S/c1-11(2,5-6-15)14-18(16,17)10-7-8(13)3-4-9(10)12/h3-4,7,14-15H,5-6,13H2,1-2H3. The summed E-state index contributed by atoms with van der Waals surface area (Å²) < 4.78 is 39.9. The summed E-state index contributed by atoms with van der Waals surface area (Å²) in [5.74, 6) is -0.864. The molecule has 0 fully saturated rings. The van der Waals surface area contributed by atoms with E-state index in [1.165, 1.54) is 6.07 Å². The van der Waals surface area contributed by atoms with E-state index in [4.69, 9.17) is 10.8 Å². The van der Waals surface area contributed by atoms with Crippen molar-refractivity contribution in [2.45, 2.75) is 30.7 Å². The van der Waals surface area contributed by atoms with Gasteiger partial charge in [-0.3, -0.25) is 0 Å². The molecule has 0 heterocycles. The average molecular weight is 276 g/mol. The van der Waals surface area contributed by atoms with Crippen molar-refractivity contribution >= 4 is 15.7 Å². The summed E-state index contributed by atoms with van der Waals surface area (Å²) in [6.45, 7) is 3.03. The monoisotopic (exact) mass is 276 g/mol. The van der Waals surface area contributed by atoms with Gasteiger partial charge in [0.15, 0.2) is 0 Å². The van der Waals surface area contributed by atoms with Crippen molar-refractivity contribution in [3.8, 4) is 0 Å². The number of rotatable bonds is 5. The number of aliphatic hydroxyl groups is 1. The van der Waals surface area contributed by atoms with Crippen LogP contribution < -0.4 is 10.5 Å². The molecule has 0 saturated heterocycles. The number of nitrogens with one attached hydrogen (secondary N) is 1. The normalized spacial score (nSPS) is 12.7. The zero-order valence-corrected chi connectivity index (χ0v) is 11.1. The van der Waals surface area contributed by atoms with Gasteiger partial charge in [-0.2, -0.15) is 0 Å². The molecule has 0 aliphatic rings. The fraction of sp³-hybridized carbons (Fsp3) is 0.455. The summed E-state index contributed by atoms with van der Waals surface area (Å²) in [5, 5.41) is 8.84. The number of anilines is 1. The van der Waals surface area contributed by atoms with Gasteiger partial charge in [-0.05, 0) is 38.5 Å². The Morgan fingerprint density at radius 2 is 2.06 bits per heavy atom. The lowest BCUT2D eigenvalue weighted by Crippen LogP contribution is -2.44. The molecule has 1 aromatic rings. The van der Waals surface area contributed by atoms with Gasteiger partial charge in [0.25, 0.3) is 0 Å². The summed E-state index contributed by atoms with van der Waals surface area (Å²) in [4.78, 5) is -0.492. The van der Waals surface area contributed by atoms with Gasteiger partial charge in [-0.1, -0.05) is 0 Å². The highest BCUT2D eigenvalue weighted by atomic mass is 32.2. The minimum absolute atomic E-state index is 0.164. The van der Waals surface area contributed by atoms with E-state index in [-0.39, 0.29) is 18.7 Å². The maximum absolute atomic E-state index is 13.5. The van der Waals surface area contributed by atoms with E-state index in [1.54, 1.807) is 13.8 Å². The van der Waals surface area contributed by atoms with Crippen molar-refractivity contribution < 1.29 is 17.9 Å². The molecule has 18 heavy (non-hydrogen) atoms. The summed E-state index contributed by atoms with van der Waals surface area (Å²) in [6, 6.07) is 3.35. The second-order valence-corrected chi connectivity index (χ2v) is 6.30. The van der Waals surface area contributed by atoms with Crippen LogP contribution in [-0.4, -0.2) is 25.7 Å². The van der Waals surface area contributed by atoms with Crippen LogP contribution in [0.1, 0.15) is 20.3 Å². The van der Waals surface area contributed by atoms with Crippen molar-refractivity contribution in [2.24, 2.45) is 0 Å². The van der Waals surface area contributed by atoms with Gasteiger partial charge in [0, 0.05) is 17.8 Å². The Labute approximate surface area is 106 Å². The van der Waals surface area contributed by atoms with Crippen LogP contribution in [-0.2, 0) is 10.0 Å². The van der Waals surface area contributed by atoms with Crippen molar-refractivity contribution in [2.75, 3.05) is 12.3 Å². The molecule has 0 aromatic heterocycles. The summed E-state index contributed by atoms with van der Waals surface area (Å²) >= 11 is 0. The molecule has 7 heteroatoms. The molecule has 0 atom stereocenters. The molecule has 5 nitrogen and oxygen atoms in total. The van der Waals surface area contributed by atoms with Gasteiger partial charge >= 0.3 is 0 Å². The Balaban J connectivity index is 3.11. The van der Waals surface area contributed by atoms with Crippen LogP contribution >= 0.6 is 0 Å². The lowest BCUT2D eigenvalue weighted by atomic mass is 10.0. The molecule has 0 amide bonds. The highest BCUT2D eigenvalue weighted by Crippen LogP contribution is 2.20. The maximum Gasteiger partial charge on any atom is 0.244 e. The minimum atomic E-state index is -4.01. The van der Waals surface area contributed by atoms with Crippen LogP contribution in [0.5, 0.6) is 0 Å². The van der Waals surface area contributed by atoms with Crippen LogP contribution in [0, 0.1) is 5.82 Å². The molecule has 0 radical (unpaired) electrons. The smallest absolute Gasteiger partial charge is 0.244 e. The molecule has 0 saturated carbocycles. The molecule has 1 aromatic carbocycles. The SMILES string of the molecule is CC(C)(CCO)NS(=O)(=O)c1cc(N)ccc1F. The Bertz CT molecular complexity index is 529. The average Bonchev–Trinajstić information content (AvgIpc) is 2.19. The van der Waals surface area contributed by atoms with Crippen molar-refractivity contribution in [3.63, 3.8) is 0 Å². The van der Waals surface area contributed by atoms with Crippen molar-refractivity contribution in [3.05, 3.63) is 24.0 Å². The fourth-order valence-electron chi connectivity index (χ4n) is 1.48. The van der Waals surface area contributed by atoms with Crippen LogP contribution in [0.2, 0.25) is 0 Å². The second kappa shape index (κ2) is 5.21. The third kappa shape index (κ3) is 3.66. The first-order chi connectivity index (χ1) is 8.18. The number of hydrogen-bond donors (Lipinski definition) is 3. The third-order valence-electron chi connectivity index (χ3n) is 2.39. The molecular weight excluding hydrogens is 259 g/mol. The van der Waals surface area contributed by atoms with Crippen LogP contribution in [0.3, 0.4) is 0 Å². The minimum Gasteiger partial charge on any atom is -0.399 e. The molecule has 0 spiro atoms. The number of nitrogens with two attached hydrogens (primary N) is 1. The van der Waals surface area contributed by atoms with Crippen LogP contribution in [0.4, 0.5) is 10.1 Å². The predicted molar refractivity (Wildman–Crippen MR) is 66.9 cm³/mol. The molecule has 0 aliphatic carbocycles. The molecule has 4 N–H and O–H groups in total. The summed E-state index contributed by atoms with van der Waals surface area (Å²) in [7, 11) is -4.01. The van der Waals surface area contributed by atoms with Gasteiger partial charge in [-0.25, -0.2) is 17.5 Å². The number of benzene rings is 1. The van der Waals surface area contributed by atoms with Gasteiger partial charge in [0.05, 0.1) is 0 Å². The topological polar surface area (TPSA) is 92.4 Å². The molecule has 102 valence electrons. The Morgan fingerprint density at radius 3 is 2.61 bits per heavy atom. The Kier molecular flexibility index (Phi) is 4.31. The van der Waals surface area contributed by atoms with E-state index < -0.39 is 26.3 Å².